The van der Waals surface area contributed by atoms with Crippen molar-refractivity contribution in [2.24, 2.45) is 5.92 Å². The van der Waals surface area contributed by atoms with Gasteiger partial charge in [-0.1, -0.05) is 12.2 Å². The third-order valence-electron chi connectivity index (χ3n) is 3.82. The van der Waals surface area contributed by atoms with E-state index in [0.29, 0.717) is 12.3 Å². The third-order valence-corrected chi connectivity index (χ3v) is 3.82. The van der Waals surface area contributed by atoms with E-state index in [-0.39, 0.29) is 5.91 Å². The van der Waals surface area contributed by atoms with Gasteiger partial charge in [0.25, 0.3) is 0 Å². The maximum Gasteiger partial charge on any atom is 0.225 e. The number of hydrogen-bond acceptors (Lipinski definition) is 3. The molecule has 1 aliphatic carbocycles. The van der Waals surface area contributed by atoms with Crippen molar-refractivity contribution in [3.63, 3.8) is 0 Å². The van der Waals surface area contributed by atoms with Gasteiger partial charge in [0.15, 0.2) is 5.82 Å². The molecule has 114 valence electrons. The van der Waals surface area contributed by atoms with E-state index in [4.69, 9.17) is 0 Å². The summed E-state index contributed by atoms with van der Waals surface area (Å²) < 4.78 is 1.80. The van der Waals surface area contributed by atoms with Gasteiger partial charge in [-0.05, 0) is 50.8 Å². The monoisotopic (exact) mass is 296 g/mol. The highest BCUT2D eigenvalue weighted by atomic mass is 16.1. The van der Waals surface area contributed by atoms with E-state index in [1.165, 1.54) is 0 Å². The number of carbonyl (C=O) groups is 1. The Labute approximate surface area is 130 Å². The molecule has 2 aromatic rings. The topological polar surface area (TPSA) is 59.8 Å². The van der Waals surface area contributed by atoms with E-state index in [0.717, 1.165) is 35.7 Å². The summed E-state index contributed by atoms with van der Waals surface area (Å²) >= 11 is 0. The molecule has 3 rings (SSSR count). The van der Waals surface area contributed by atoms with E-state index in [2.05, 4.69) is 27.6 Å². The minimum Gasteiger partial charge on any atom is -0.325 e. The minimum atomic E-state index is 0.0391. The second-order valence-electron chi connectivity index (χ2n) is 5.76. The molecular weight excluding hydrogens is 276 g/mol. The first-order chi connectivity index (χ1) is 10.6. The van der Waals surface area contributed by atoms with Gasteiger partial charge in [-0.2, -0.15) is 5.10 Å². The Hall–Kier alpha value is -2.43. The second-order valence-corrected chi connectivity index (χ2v) is 5.76. The standard InChI is InChI=1S/C17H20N4O/c1-12-9-13(2)21(20-12)16-8-7-15(11-18-16)19-17(22)10-14-5-3-4-6-14/h3,5,7-9,11,14H,4,6,10H2,1-2H3,(H,19,22). The molecule has 0 aliphatic heterocycles. The molecule has 1 atom stereocenters. The Morgan fingerprint density at radius 2 is 2.27 bits per heavy atom. The zero-order chi connectivity index (χ0) is 15.5. The number of nitrogens with one attached hydrogen (secondary N) is 1. The van der Waals surface area contributed by atoms with Crippen LogP contribution < -0.4 is 5.32 Å². The highest BCUT2D eigenvalue weighted by molar-refractivity contribution is 5.90. The summed E-state index contributed by atoms with van der Waals surface area (Å²) in [7, 11) is 0. The Balaban J connectivity index is 1.65. The van der Waals surface area contributed by atoms with Crippen LogP contribution in [0.25, 0.3) is 5.82 Å². The lowest BCUT2D eigenvalue weighted by atomic mass is 10.1. The number of aromatic nitrogens is 3. The SMILES string of the molecule is Cc1cc(C)n(-c2ccc(NC(=O)CC3C=CCC3)cn2)n1. The maximum atomic E-state index is 12.0. The van der Waals surface area contributed by atoms with Gasteiger partial charge in [0.2, 0.25) is 5.91 Å². The number of allylic oxidation sites excluding steroid dienone is 2. The van der Waals surface area contributed by atoms with Gasteiger partial charge in [0.05, 0.1) is 17.6 Å². The normalized spacial score (nSPS) is 16.9. The molecule has 1 amide bonds. The number of carbonyl (C=O) groups excluding carboxylic acids is 1. The lowest BCUT2D eigenvalue weighted by molar-refractivity contribution is -0.116. The molecule has 0 radical (unpaired) electrons. The molecule has 1 aliphatic rings. The van der Waals surface area contributed by atoms with Gasteiger partial charge in [-0.25, -0.2) is 9.67 Å². The fourth-order valence-electron chi connectivity index (χ4n) is 2.76. The molecule has 5 heteroatoms. The molecule has 0 spiro atoms. The molecule has 0 saturated heterocycles. The Bertz CT molecular complexity index is 700. The zero-order valence-electron chi connectivity index (χ0n) is 12.9. The van der Waals surface area contributed by atoms with E-state index in [9.17, 15) is 4.79 Å². The number of aryl methyl sites for hydroxylation is 2. The van der Waals surface area contributed by atoms with Gasteiger partial charge in [-0.3, -0.25) is 4.79 Å². The largest absolute Gasteiger partial charge is 0.325 e. The predicted octanol–water partition coefficient (Wildman–Crippen LogP) is 3.18. The molecule has 2 heterocycles. The summed E-state index contributed by atoms with van der Waals surface area (Å²) in [5.41, 5.74) is 2.72. The van der Waals surface area contributed by atoms with Crippen LogP contribution in [0, 0.1) is 19.8 Å². The van der Waals surface area contributed by atoms with Crippen LogP contribution in [0.2, 0.25) is 0 Å². The van der Waals surface area contributed by atoms with E-state index < -0.39 is 0 Å². The third kappa shape index (κ3) is 3.24. The summed E-state index contributed by atoms with van der Waals surface area (Å²) in [5, 5.41) is 7.30. The fourth-order valence-corrected chi connectivity index (χ4v) is 2.76. The van der Waals surface area contributed by atoms with Crippen molar-refractivity contribution in [1.82, 2.24) is 14.8 Å². The Kier molecular flexibility index (Phi) is 4.04. The second kappa shape index (κ2) is 6.13. The smallest absolute Gasteiger partial charge is 0.225 e. The predicted molar refractivity (Wildman–Crippen MR) is 85.9 cm³/mol. The molecule has 22 heavy (non-hydrogen) atoms. The number of rotatable bonds is 4. The van der Waals surface area contributed by atoms with Gasteiger partial charge < -0.3 is 5.32 Å². The van der Waals surface area contributed by atoms with Gasteiger partial charge in [0, 0.05) is 12.1 Å². The average molecular weight is 296 g/mol. The van der Waals surface area contributed by atoms with Crippen LogP contribution in [-0.4, -0.2) is 20.7 Å². The van der Waals surface area contributed by atoms with Gasteiger partial charge in [-0.15, -0.1) is 0 Å². The van der Waals surface area contributed by atoms with E-state index in [1.54, 1.807) is 10.9 Å². The molecule has 1 unspecified atom stereocenters. The molecule has 0 aromatic carbocycles. The first kappa shape index (κ1) is 14.5. The summed E-state index contributed by atoms with van der Waals surface area (Å²) in [4.78, 5) is 16.4. The molecule has 0 bridgehead atoms. The molecule has 0 saturated carbocycles. The van der Waals surface area contributed by atoms with Crippen LogP contribution in [0.1, 0.15) is 30.7 Å². The highest BCUT2D eigenvalue weighted by Crippen LogP contribution is 2.21. The van der Waals surface area contributed by atoms with Crippen molar-refractivity contribution in [2.75, 3.05) is 5.32 Å². The van der Waals surface area contributed by atoms with Crippen LogP contribution >= 0.6 is 0 Å². The first-order valence-corrected chi connectivity index (χ1v) is 7.58. The maximum absolute atomic E-state index is 12.0. The number of pyridine rings is 1. The van der Waals surface area contributed by atoms with Crippen molar-refractivity contribution < 1.29 is 4.79 Å². The lowest BCUT2D eigenvalue weighted by Gasteiger charge is -2.09. The van der Waals surface area contributed by atoms with Crippen LogP contribution in [-0.2, 0) is 4.79 Å². The van der Waals surface area contributed by atoms with Gasteiger partial charge in [0.1, 0.15) is 0 Å². The van der Waals surface area contributed by atoms with Crippen molar-refractivity contribution in [1.29, 1.82) is 0 Å². The van der Waals surface area contributed by atoms with Crippen LogP contribution in [0.15, 0.2) is 36.5 Å². The summed E-state index contributed by atoms with van der Waals surface area (Å²) in [5.74, 6) is 1.17. The summed E-state index contributed by atoms with van der Waals surface area (Å²) in [6.45, 7) is 3.95. The number of anilines is 1. The zero-order valence-corrected chi connectivity index (χ0v) is 12.9. The van der Waals surface area contributed by atoms with Crippen LogP contribution in [0.4, 0.5) is 5.69 Å². The molecular formula is C17H20N4O. The summed E-state index contributed by atoms with van der Waals surface area (Å²) in [6.07, 6.45) is 8.63. The van der Waals surface area contributed by atoms with Crippen molar-refractivity contribution in [2.45, 2.75) is 33.1 Å². The first-order valence-electron chi connectivity index (χ1n) is 7.58. The quantitative estimate of drug-likeness (QED) is 0.882. The highest BCUT2D eigenvalue weighted by Gasteiger charge is 2.14. The van der Waals surface area contributed by atoms with E-state index >= 15 is 0 Å². The minimum absolute atomic E-state index is 0.0391. The fraction of sp³-hybridized carbons (Fsp3) is 0.353. The molecule has 1 N–H and O–H groups in total. The molecule has 5 nitrogen and oxygen atoms in total. The molecule has 0 fully saturated rings. The van der Waals surface area contributed by atoms with Crippen molar-refractivity contribution >= 4 is 11.6 Å². The molecule has 2 aromatic heterocycles. The number of amides is 1. The lowest BCUT2D eigenvalue weighted by Crippen LogP contribution is -2.15. The van der Waals surface area contributed by atoms with E-state index in [1.807, 2.05) is 32.0 Å². The van der Waals surface area contributed by atoms with Crippen LogP contribution in [0.3, 0.4) is 0 Å². The average Bonchev–Trinajstić information content (AvgIpc) is 3.09. The number of hydrogen-bond donors (Lipinski definition) is 1. The van der Waals surface area contributed by atoms with Crippen LogP contribution in [0.5, 0.6) is 0 Å². The van der Waals surface area contributed by atoms with Crippen molar-refractivity contribution in [3.05, 3.63) is 47.9 Å². The summed E-state index contributed by atoms with van der Waals surface area (Å²) in [6, 6.07) is 5.73. The van der Waals surface area contributed by atoms with Gasteiger partial charge >= 0.3 is 0 Å². The van der Waals surface area contributed by atoms with Crippen molar-refractivity contribution in [3.8, 4) is 5.82 Å². The Morgan fingerprint density at radius 3 is 2.86 bits per heavy atom. The Morgan fingerprint density at radius 1 is 1.41 bits per heavy atom. The number of nitrogens with zero attached hydrogens (tertiary/aromatic N) is 3.